The highest BCUT2D eigenvalue weighted by molar-refractivity contribution is 7.92. The summed E-state index contributed by atoms with van der Waals surface area (Å²) in [7, 11) is -2.23. The number of ether oxygens (including phenoxy) is 1. The molecule has 2 amide bonds. The number of carbonyl (C=O) groups excluding carboxylic acids is 2. The van der Waals surface area contributed by atoms with Crippen LogP contribution >= 0.6 is 34.8 Å². The summed E-state index contributed by atoms with van der Waals surface area (Å²) in [5.41, 5.74) is 1.94. The maximum absolute atomic E-state index is 13.9. The lowest BCUT2D eigenvalue weighted by Crippen LogP contribution is -2.51. The summed E-state index contributed by atoms with van der Waals surface area (Å²) in [5, 5.41) is 3.92. The number of benzene rings is 3. The molecule has 1 atom stereocenters. The lowest BCUT2D eigenvalue weighted by molar-refractivity contribution is -0.141. The lowest BCUT2D eigenvalue weighted by Gasteiger charge is -2.32. The van der Waals surface area contributed by atoms with E-state index >= 15 is 0 Å². The van der Waals surface area contributed by atoms with Gasteiger partial charge in [0.05, 0.1) is 34.1 Å². The molecule has 3 aromatic rings. The Balaban J connectivity index is 1.91. The molecule has 0 aliphatic heterocycles. The van der Waals surface area contributed by atoms with Gasteiger partial charge in [0, 0.05) is 32.0 Å². The van der Waals surface area contributed by atoms with Crippen molar-refractivity contribution in [2.75, 3.05) is 24.2 Å². The number of nitrogens with one attached hydrogen (secondary N) is 1. The number of hydrogen-bond acceptors (Lipinski definition) is 5. The molecule has 12 heteroatoms. The van der Waals surface area contributed by atoms with Gasteiger partial charge >= 0.3 is 0 Å². The fourth-order valence-corrected chi connectivity index (χ4v) is 6.11. The van der Waals surface area contributed by atoms with E-state index in [0.29, 0.717) is 27.0 Å². The van der Waals surface area contributed by atoms with Crippen LogP contribution in [0.15, 0.2) is 66.7 Å². The maximum Gasteiger partial charge on any atom is 0.243 e. The minimum atomic E-state index is -3.70. The number of methoxy groups -OCH3 is 1. The van der Waals surface area contributed by atoms with Crippen LogP contribution in [0.5, 0.6) is 5.75 Å². The van der Waals surface area contributed by atoms with E-state index in [9.17, 15) is 18.0 Å². The van der Waals surface area contributed by atoms with E-state index in [1.54, 1.807) is 30.3 Å². The van der Waals surface area contributed by atoms with Crippen LogP contribution in [0.25, 0.3) is 0 Å². The molecule has 0 spiro atoms. The number of nitrogens with zero attached hydrogens (tertiary/aromatic N) is 2. The summed E-state index contributed by atoms with van der Waals surface area (Å²) in [5.74, 6) is -0.193. The molecular weight excluding hydrogens is 633 g/mol. The standard InChI is InChI=1S/C31H36Cl3N3O5S/c1-21(2)35-31(39)28(18-22-9-6-5-7-10-22)36(20-23-12-14-25(32)26(33)17-23)30(38)11-8-16-37(43(4,40)41)24-13-15-29(42-3)27(34)19-24/h5-7,9-10,12-15,17,19,21,28H,8,11,16,18,20H2,1-4H3,(H,35,39)/t28-/m0/s1. The molecule has 0 saturated heterocycles. The van der Waals surface area contributed by atoms with Crippen LogP contribution in [0.2, 0.25) is 15.1 Å². The first-order valence-electron chi connectivity index (χ1n) is 13.7. The second kappa shape index (κ2) is 15.7. The summed E-state index contributed by atoms with van der Waals surface area (Å²) in [4.78, 5) is 29.0. The molecular formula is C31H36Cl3N3O5S. The monoisotopic (exact) mass is 667 g/mol. The Hall–Kier alpha value is -2.98. The van der Waals surface area contributed by atoms with Crippen LogP contribution < -0.4 is 14.4 Å². The van der Waals surface area contributed by atoms with E-state index in [4.69, 9.17) is 39.5 Å². The van der Waals surface area contributed by atoms with E-state index < -0.39 is 16.1 Å². The SMILES string of the molecule is COc1ccc(N(CCCC(=O)N(Cc2ccc(Cl)c(Cl)c2)[C@@H](Cc2ccccc2)C(=O)NC(C)C)S(C)(=O)=O)cc1Cl. The molecule has 3 rings (SSSR count). The largest absolute Gasteiger partial charge is 0.495 e. The molecule has 0 bridgehead atoms. The van der Waals surface area contributed by atoms with Crippen molar-refractivity contribution in [3.05, 3.63) is 92.9 Å². The van der Waals surface area contributed by atoms with Crippen LogP contribution in [0.1, 0.15) is 37.8 Å². The van der Waals surface area contributed by atoms with Gasteiger partial charge in [-0.25, -0.2) is 8.42 Å². The number of anilines is 1. The summed E-state index contributed by atoms with van der Waals surface area (Å²) >= 11 is 18.6. The number of halogens is 3. The van der Waals surface area contributed by atoms with Crippen LogP contribution in [-0.2, 0) is 32.6 Å². The number of amides is 2. The third-order valence-corrected chi connectivity index (χ3v) is 8.84. The Morgan fingerprint density at radius 3 is 2.19 bits per heavy atom. The molecule has 0 heterocycles. The molecule has 0 aliphatic rings. The molecule has 0 fully saturated rings. The van der Waals surface area contributed by atoms with E-state index in [1.165, 1.54) is 22.4 Å². The molecule has 8 nitrogen and oxygen atoms in total. The van der Waals surface area contributed by atoms with Crippen molar-refractivity contribution in [3.8, 4) is 5.75 Å². The third-order valence-electron chi connectivity index (χ3n) is 6.61. The van der Waals surface area contributed by atoms with Gasteiger partial charge in [0.1, 0.15) is 11.8 Å². The second-order valence-electron chi connectivity index (χ2n) is 10.4. The average Bonchev–Trinajstić information content (AvgIpc) is 2.94. The van der Waals surface area contributed by atoms with Crippen LogP contribution in [0.3, 0.4) is 0 Å². The van der Waals surface area contributed by atoms with Crippen molar-refractivity contribution in [2.24, 2.45) is 0 Å². The molecule has 1 N–H and O–H groups in total. The Bertz CT molecular complexity index is 1520. The van der Waals surface area contributed by atoms with E-state index in [2.05, 4.69) is 5.32 Å². The quantitative estimate of drug-likeness (QED) is 0.216. The van der Waals surface area contributed by atoms with Gasteiger partial charge < -0.3 is 15.0 Å². The normalized spacial score (nSPS) is 12.1. The Kier molecular flexibility index (Phi) is 12.6. The van der Waals surface area contributed by atoms with Crippen LogP contribution in [0.4, 0.5) is 5.69 Å². The summed E-state index contributed by atoms with van der Waals surface area (Å²) in [6.45, 7) is 3.83. The Morgan fingerprint density at radius 1 is 0.907 bits per heavy atom. The van der Waals surface area contributed by atoms with Gasteiger partial charge in [-0.1, -0.05) is 71.2 Å². The summed E-state index contributed by atoms with van der Waals surface area (Å²) in [6, 6.07) is 18.2. The first kappa shape index (κ1) is 34.5. The van der Waals surface area contributed by atoms with Crippen molar-refractivity contribution >= 4 is 62.3 Å². The molecule has 0 aliphatic carbocycles. The highest BCUT2D eigenvalue weighted by Gasteiger charge is 2.31. The van der Waals surface area contributed by atoms with Gasteiger partial charge in [-0.3, -0.25) is 13.9 Å². The van der Waals surface area contributed by atoms with E-state index in [1.807, 2.05) is 44.2 Å². The minimum absolute atomic E-state index is 0.0164. The Morgan fingerprint density at radius 2 is 1.60 bits per heavy atom. The zero-order valence-electron chi connectivity index (χ0n) is 24.5. The smallest absolute Gasteiger partial charge is 0.243 e. The molecule has 0 unspecified atom stereocenters. The van der Waals surface area contributed by atoms with Crippen molar-refractivity contribution in [1.29, 1.82) is 0 Å². The van der Waals surface area contributed by atoms with E-state index in [0.717, 1.165) is 11.8 Å². The number of carbonyl (C=O) groups is 2. The second-order valence-corrected chi connectivity index (χ2v) is 13.5. The van der Waals surface area contributed by atoms with Crippen molar-refractivity contribution in [1.82, 2.24) is 10.2 Å². The number of hydrogen-bond donors (Lipinski definition) is 1. The number of rotatable bonds is 14. The molecule has 43 heavy (non-hydrogen) atoms. The number of sulfonamides is 1. The summed E-state index contributed by atoms with van der Waals surface area (Å²) in [6.07, 6.45) is 1.55. The van der Waals surface area contributed by atoms with Crippen LogP contribution in [-0.4, -0.2) is 57.1 Å². The molecule has 232 valence electrons. The lowest BCUT2D eigenvalue weighted by atomic mass is 10.0. The van der Waals surface area contributed by atoms with Crippen molar-refractivity contribution in [2.45, 2.75) is 51.7 Å². The first-order valence-corrected chi connectivity index (χ1v) is 16.7. The maximum atomic E-state index is 13.9. The van der Waals surface area contributed by atoms with Gasteiger partial charge in [0.25, 0.3) is 0 Å². The van der Waals surface area contributed by atoms with Gasteiger partial charge in [-0.2, -0.15) is 0 Å². The van der Waals surface area contributed by atoms with Gasteiger partial charge in [-0.15, -0.1) is 0 Å². The molecule has 0 radical (unpaired) electrons. The predicted molar refractivity (Wildman–Crippen MR) is 174 cm³/mol. The third kappa shape index (κ3) is 10.0. The Labute approximate surface area is 268 Å². The molecule has 3 aromatic carbocycles. The zero-order valence-corrected chi connectivity index (χ0v) is 27.6. The fourth-order valence-electron chi connectivity index (χ4n) is 4.58. The van der Waals surface area contributed by atoms with Crippen molar-refractivity contribution < 1.29 is 22.7 Å². The van der Waals surface area contributed by atoms with Crippen molar-refractivity contribution in [3.63, 3.8) is 0 Å². The highest BCUT2D eigenvalue weighted by atomic mass is 35.5. The fraction of sp³-hybridized carbons (Fsp3) is 0.355. The van der Waals surface area contributed by atoms with Gasteiger partial charge in [0.2, 0.25) is 21.8 Å². The van der Waals surface area contributed by atoms with Crippen LogP contribution in [0, 0.1) is 0 Å². The average molecular weight is 669 g/mol. The minimum Gasteiger partial charge on any atom is -0.495 e. The van der Waals surface area contributed by atoms with E-state index in [-0.39, 0.29) is 55.2 Å². The zero-order chi connectivity index (χ0) is 31.7. The predicted octanol–water partition coefficient (Wildman–Crippen LogP) is 6.37. The first-order chi connectivity index (χ1) is 20.3. The van der Waals surface area contributed by atoms with Gasteiger partial charge in [-0.05, 0) is 61.7 Å². The van der Waals surface area contributed by atoms with Gasteiger partial charge in [0.15, 0.2) is 0 Å². The molecule has 0 saturated carbocycles. The molecule has 0 aromatic heterocycles. The summed E-state index contributed by atoms with van der Waals surface area (Å²) < 4.78 is 31.8. The topological polar surface area (TPSA) is 96.0 Å². The highest BCUT2D eigenvalue weighted by Crippen LogP contribution is 2.30.